The van der Waals surface area contributed by atoms with Crippen LogP contribution in [-0.4, -0.2) is 25.8 Å². The Balaban J connectivity index is 1.87. The summed E-state index contributed by atoms with van der Waals surface area (Å²) in [4.78, 5) is 25.7. The van der Waals surface area contributed by atoms with E-state index in [-0.39, 0.29) is 11.5 Å². The van der Waals surface area contributed by atoms with Crippen LogP contribution in [0, 0.1) is 19.3 Å². The molecule has 1 aliphatic carbocycles. The number of fused-ring (bicyclic) bond motifs is 1. The van der Waals surface area contributed by atoms with Crippen molar-refractivity contribution in [1.29, 1.82) is 5.41 Å². The van der Waals surface area contributed by atoms with Crippen molar-refractivity contribution in [3.63, 3.8) is 0 Å². The first-order valence-corrected chi connectivity index (χ1v) is 11.6. The average molecular weight is 484 g/mol. The number of benzene rings is 2. The highest BCUT2D eigenvalue weighted by atomic mass is 16.5. The van der Waals surface area contributed by atoms with Crippen LogP contribution >= 0.6 is 0 Å². The molecule has 0 spiro atoms. The minimum absolute atomic E-state index is 0.104. The normalized spacial score (nSPS) is 15.1. The molecule has 0 bridgehead atoms. The Bertz CT molecular complexity index is 1530. The highest BCUT2D eigenvalue weighted by Crippen LogP contribution is 2.33. The van der Waals surface area contributed by atoms with E-state index in [9.17, 15) is 9.59 Å². The molecule has 4 rings (SSSR count). The first kappa shape index (κ1) is 24.7. The molecule has 7 nitrogen and oxygen atoms in total. The van der Waals surface area contributed by atoms with Crippen molar-refractivity contribution in [2.24, 2.45) is 0 Å². The minimum atomic E-state index is -0.434. The molecule has 1 aromatic heterocycles. The highest BCUT2D eigenvalue weighted by molar-refractivity contribution is 6.13. The van der Waals surface area contributed by atoms with Gasteiger partial charge in [0.25, 0.3) is 0 Å². The predicted molar refractivity (Wildman–Crippen MR) is 144 cm³/mol. The number of nitrogens with one attached hydrogen (secondary N) is 3. The van der Waals surface area contributed by atoms with E-state index in [0.717, 1.165) is 11.1 Å². The Morgan fingerprint density at radius 1 is 1.17 bits per heavy atom. The lowest BCUT2D eigenvalue weighted by Gasteiger charge is -2.20. The summed E-state index contributed by atoms with van der Waals surface area (Å²) in [6.45, 7) is 5.65. The van der Waals surface area contributed by atoms with Crippen molar-refractivity contribution in [3.8, 4) is 0 Å². The first-order valence-electron chi connectivity index (χ1n) is 11.6. The summed E-state index contributed by atoms with van der Waals surface area (Å²) in [6, 6.07) is 10.7. The fourth-order valence-electron chi connectivity index (χ4n) is 4.35. The molecule has 7 heteroatoms. The van der Waals surface area contributed by atoms with Gasteiger partial charge in [-0.05, 0) is 62.8 Å². The van der Waals surface area contributed by atoms with E-state index in [4.69, 9.17) is 14.6 Å². The predicted octanol–water partition coefficient (Wildman–Crippen LogP) is 5.45. The second-order valence-corrected chi connectivity index (χ2v) is 8.75. The van der Waals surface area contributed by atoms with Gasteiger partial charge in [0.1, 0.15) is 11.3 Å². The molecule has 184 valence electrons. The number of para-hydroxylation sites is 1. The van der Waals surface area contributed by atoms with Crippen LogP contribution < -0.4 is 16.1 Å². The second-order valence-electron chi connectivity index (χ2n) is 8.75. The van der Waals surface area contributed by atoms with E-state index in [1.54, 1.807) is 44.5 Å². The molecule has 1 heterocycles. The molecule has 0 aliphatic heterocycles. The zero-order valence-corrected chi connectivity index (χ0v) is 21.0. The number of esters is 1. The molecular weight excluding hydrogens is 454 g/mol. The van der Waals surface area contributed by atoms with Crippen LogP contribution in [0.5, 0.6) is 0 Å². The van der Waals surface area contributed by atoms with Gasteiger partial charge in [-0.2, -0.15) is 0 Å². The zero-order valence-electron chi connectivity index (χ0n) is 21.0. The van der Waals surface area contributed by atoms with Gasteiger partial charge in [-0.1, -0.05) is 18.2 Å². The molecule has 3 N–H and O–H groups in total. The Morgan fingerprint density at radius 2 is 1.92 bits per heavy atom. The Hall–Kier alpha value is -4.39. The molecule has 1 atom stereocenters. The molecule has 36 heavy (non-hydrogen) atoms. The first-order chi connectivity index (χ1) is 17.2. The van der Waals surface area contributed by atoms with Crippen LogP contribution in [0.4, 0.5) is 5.69 Å². The van der Waals surface area contributed by atoms with Gasteiger partial charge in [-0.15, -0.1) is 0 Å². The van der Waals surface area contributed by atoms with Crippen molar-refractivity contribution < 1.29 is 13.9 Å². The Morgan fingerprint density at radius 3 is 2.64 bits per heavy atom. The summed E-state index contributed by atoms with van der Waals surface area (Å²) >= 11 is 0. The highest BCUT2D eigenvalue weighted by Gasteiger charge is 2.22. The monoisotopic (exact) mass is 483 g/mol. The van der Waals surface area contributed by atoms with Gasteiger partial charge in [0.05, 0.1) is 29.8 Å². The fourth-order valence-corrected chi connectivity index (χ4v) is 4.35. The molecule has 3 aromatic rings. The van der Waals surface area contributed by atoms with Crippen molar-refractivity contribution >= 4 is 33.9 Å². The minimum Gasteiger partial charge on any atom is -0.465 e. The number of rotatable bonds is 6. The smallest absolute Gasteiger partial charge is 0.339 e. The largest absolute Gasteiger partial charge is 0.465 e. The third-order valence-electron chi connectivity index (χ3n) is 6.18. The van der Waals surface area contributed by atoms with Gasteiger partial charge < -0.3 is 25.2 Å². The van der Waals surface area contributed by atoms with Crippen molar-refractivity contribution in [3.05, 3.63) is 105 Å². The quantitative estimate of drug-likeness (QED) is 0.403. The summed E-state index contributed by atoms with van der Waals surface area (Å²) in [7, 11) is 3.12. The van der Waals surface area contributed by atoms with Gasteiger partial charge in [-0.3, -0.25) is 4.79 Å². The van der Waals surface area contributed by atoms with Gasteiger partial charge in [0.15, 0.2) is 5.43 Å². The van der Waals surface area contributed by atoms with E-state index < -0.39 is 5.97 Å². The Labute approximate surface area is 209 Å². The maximum absolute atomic E-state index is 13.5. The van der Waals surface area contributed by atoms with Crippen molar-refractivity contribution in [2.75, 3.05) is 19.5 Å². The van der Waals surface area contributed by atoms with E-state index in [0.29, 0.717) is 50.4 Å². The van der Waals surface area contributed by atoms with Gasteiger partial charge >= 0.3 is 5.97 Å². The lowest BCUT2D eigenvalue weighted by Crippen LogP contribution is -2.15. The number of hydrogen-bond donors (Lipinski definition) is 3. The van der Waals surface area contributed by atoms with Crippen molar-refractivity contribution in [1.82, 2.24) is 5.32 Å². The number of hydrogen-bond acceptors (Lipinski definition) is 7. The van der Waals surface area contributed by atoms with Gasteiger partial charge in [0.2, 0.25) is 0 Å². The number of ether oxygens (including phenoxy) is 1. The summed E-state index contributed by atoms with van der Waals surface area (Å²) in [6.07, 6.45) is 7.04. The van der Waals surface area contributed by atoms with Crippen molar-refractivity contribution in [2.45, 2.75) is 26.8 Å². The summed E-state index contributed by atoms with van der Waals surface area (Å²) < 4.78 is 11.4. The lowest BCUT2D eigenvalue weighted by molar-refractivity contribution is 0.0602. The topological polar surface area (TPSA) is 104 Å². The van der Waals surface area contributed by atoms with Crippen LogP contribution in [0.2, 0.25) is 0 Å². The fraction of sp³-hybridized carbons (Fsp3) is 0.207. The molecule has 2 aromatic carbocycles. The molecule has 0 amide bonds. The zero-order chi connectivity index (χ0) is 26.0. The Kier molecular flexibility index (Phi) is 6.92. The number of carbonyl (C=O) groups excluding carboxylic acids is 1. The number of aryl methyl sites for hydroxylation is 1. The van der Waals surface area contributed by atoms with E-state index in [1.807, 2.05) is 44.2 Å². The van der Waals surface area contributed by atoms with Crippen LogP contribution in [0.3, 0.4) is 0 Å². The maximum atomic E-state index is 13.5. The molecule has 1 aliphatic rings. The maximum Gasteiger partial charge on any atom is 0.339 e. The molecule has 0 fully saturated rings. The van der Waals surface area contributed by atoms with Gasteiger partial charge in [0, 0.05) is 41.2 Å². The van der Waals surface area contributed by atoms with Crippen LogP contribution in [0.15, 0.2) is 75.6 Å². The summed E-state index contributed by atoms with van der Waals surface area (Å²) in [5.74, 6) is 0.0291. The SMILES string of the molecule is CN/C=C1/C=C(c2oc3c([C@@H](C)Nc4ccccc4C(=O)OC)cc(C)cc3c(=O)c2C)C=CC1=N. The number of anilines is 1. The molecule has 0 saturated heterocycles. The van der Waals surface area contributed by atoms with Gasteiger partial charge in [-0.25, -0.2) is 4.79 Å². The van der Waals surface area contributed by atoms with Crippen LogP contribution in [0.25, 0.3) is 16.5 Å². The molecule has 0 saturated carbocycles. The standard InChI is InChI=1S/C29H29N3O4/c1-16-12-22(18(3)32-25-9-7-6-8-21(25)29(34)35-5)28-23(13-16)26(33)17(2)27(36-28)19-10-11-24(30)20(14-19)15-31-4/h6-15,18,30-32H,1-5H3/b20-15-,30-24?/t18-/m1/s1. The van der Waals surface area contributed by atoms with Crippen LogP contribution in [0.1, 0.15) is 45.8 Å². The van der Waals surface area contributed by atoms with E-state index in [1.165, 1.54) is 7.11 Å². The number of carbonyl (C=O) groups is 1. The molecular formula is C29H29N3O4. The third-order valence-corrected chi connectivity index (χ3v) is 6.18. The summed E-state index contributed by atoms with van der Waals surface area (Å²) in [5.41, 5.74) is 5.42. The number of methoxy groups -OCH3 is 1. The lowest BCUT2D eigenvalue weighted by atomic mass is 9.95. The average Bonchev–Trinajstić information content (AvgIpc) is 2.87. The number of allylic oxidation sites excluding steroid dienone is 5. The third kappa shape index (κ3) is 4.60. The summed E-state index contributed by atoms with van der Waals surface area (Å²) in [5, 5.41) is 15.0. The molecule has 0 unspecified atom stereocenters. The van der Waals surface area contributed by atoms with Crippen LogP contribution in [-0.2, 0) is 4.74 Å². The molecule has 0 radical (unpaired) electrons. The van der Waals surface area contributed by atoms with E-state index in [2.05, 4.69) is 10.6 Å². The van der Waals surface area contributed by atoms with E-state index >= 15 is 0 Å². The second kappa shape index (κ2) is 10.1.